The van der Waals surface area contributed by atoms with Crippen LogP contribution in [-0.2, 0) is 11.2 Å². The molecule has 1 amide bonds. The Labute approximate surface area is 176 Å². The predicted molar refractivity (Wildman–Crippen MR) is 119 cm³/mol. The first-order chi connectivity index (χ1) is 14.2. The molecule has 0 aliphatic carbocycles. The number of nitrogens with zero attached hydrogens (tertiary/aromatic N) is 2. The Morgan fingerprint density at radius 1 is 1.03 bits per heavy atom. The van der Waals surface area contributed by atoms with Gasteiger partial charge in [0.05, 0.1) is 22.6 Å². The van der Waals surface area contributed by atoms with Gasteiger partial charge < -0.3 is 5.32 Å². The van der Waals surface area contributed by atoms with E-state index in [2.05, 4.69) is 40.6 Å². The lowest BCUT2D eigenvalue weighted by molar-refractivity contribution is -0.117. The third-order valence-electron chi connectivity index (χ3n) is 5.00. The number of nitrogens with one attached hydrogen (secondary N) is 1. The second-order valence-electron chi connectivity index (χ2n) is 6.93. The Kier molecular flexibility index (Phi) is 4.62. The van der Waals surface area contributed by atoms with Crippen molar-refractivity contribution in [3.63, 3.8) is 0 Å². The SMILES string of the molecule is O=C1Nc2ccc(Cl)cc2C(c2cscn2)=NC1Cc1ccc2ccccc2c1. The summed E-state index contributed by atoms with van der Waals surface area (Å²) in [6.07, 6.45) is 0.506. The number of anilines is 1. The highest BCUT2D eigenvalue weighted by atomic mass is 35.5. The summed E-state index contributed by atoms with van der Waals surface area (Å²) in [5.41, 5.74) is 5.76. The molecule has 0 bridgehead atoms. The van der Waals surface area contributed by atoms with Crippen LogP contribution >= 0.6 is 22.9 Å². The van der Waals surface area contributed by atoms with E-state index in [1.165, 1.54) is 16.7 Å². The lowest BCUT2D eigenvalue weighted by Gasteiger charge is -2.12. The van der Waals surface area contributed by atoms with Gasteiger partial charge in [-0.3, -0.25) is 9.79 Å². The van der Waals surface area contributed by atoms with E-state index in [1.54, 1.807) is 11.6 Å². The van der Waals surface area contributed by atoms with Crippen LogP contribution in [0, 0.1) is 0 Å². The lowest BCUT2D eigenvalue weighted by Crippen LogP contribution is -2.27. The van der Waals surface area contributed by atoms with Gasteiger partial charge in [0.25, 0.3) is 0 Å². The van der Waals surface area contributed by atoms with Gasteiger partial charge in [-0.15, -0.1) is 11.3 Å². The summed E-state index contributed by atoms with van der Waals surface area (Å²) in [6, 6.07) is 19.3. The molecule has 142 valence electrons. The van der Waals surface area contributed by atoms with Crippen molar-refractivity contribution in [3.8, 4) is 0 Å². The minimum absolute atomic E-state index is 0.132. The molecule has 4 aromatic rings. The van der Waals surface area contributed by atoms with Gasteiger partial charge in [0.2, 0.25) is 5.91 Å². The van der Waals surface area contributed by atoms with Crippen molar-refractivity contribution >= 4 is 51.0 Å². The molecule has 0 fully saturated rings. The van der Waals surface area contributed by atoms with E-state index in [1.807, 2.05) is 29.6 Å². The molecule has 1 unspecified atom stereocenters. The van der Waals surface area contributed by atoms with Gasteiger partial charge in [0, 0.05) is 22.4 Å². The number of halogens is 1. The fourth-order valence-electron chi connectivity index (χ4n) is 3.58. The maximum Gasteiger partial charge on any atom is 0.249 e. The van der Waals surface area contributed by atoms with E-state index in [0.717, 1.165) is 22.2 Å². The first-order valence-corrected chi connectivity index (χ1v) is 10.5. The fraction of sp³-hybridized carbons (Fsp3) is 0.0870. The molecule has 6 heteroatoms. The normalized spacial score (nSPS) is 16.1. The number of carbonyl (C=O) groups is 1. The third-order valence-corrected chi connectivity index (χ3v) is 5.82. The molecule has 3 aromatic carbocycles. The molecule has 0 spiro atoms. The molecule has 1 atom stereocenters. The summed E-state index contributed by atoms with van der Waals surface area (Å²) in [7, 11) is 0. The number of aliphatic imine (C=N–C) groups is 1. The van der Waals surface area contributed by atoms with Crippen molar-refractivity contribution in [2.75, 3.05) is 5.32 Å². The van der Waals surface area contributed by atoms with Crippen molar-refractivity contribution in [1.29, 1.82) is 0 Å². The zero-order valence-corrected chi connectivity index (χ0v) is 16.9. The molecule has 1 aliphatic heterocycles. The monoisotopic (exact) mass is 417 g/mol. The molecule has 1 aliphatic rings. The number of thiazole rings is 1. The molecule has 0 saturated carbocycles. The topological polar surface area (TPSA) is 54.4 Å². The maximum atomic E-state index is 13.0. The van der Waals surface area contributed by atoms with E-state index in [9.17, 15) is 4.79 Å². The standard InChI is InChI=1S/C23H16ClN3OS/c24-17-7-8-19-18(11-17)22(21-12-29-13-25-21)26-20(23(28)27-19)10-14-5-6-15-3-1-2-4-16(15)9-14/h1-9,11-13,20H,10H2,(H,27,28). The molecular formula is C23H16ClN3OS. The Balaban J connectivity index is 1.58. The summed E-state index contributed by atoms with van der Waals surface area (Å²) in [5.74, 6) is -0.132. The average molecular weight is 418 g/mol. The molecule has 29 heavy (non-hydrogen) atoms. The quantitative estimate of drug-likeness (QED) is 0.488. The maximum absolute atomic E-state index is 13.0. The van der Waals surface area contributed by atoms with Crippen LogP contribution in [0.2, 0.25) is 5.02 Å². The van der Waals surface area contributed by atoms with Crippen molar-refractivity contribution in [2.24, 2.45) is 4.99 Å². The second-order valence-corrected chi connectivity index (χ2v) is 8.09. The van der Waals surface area contributed by atoms with Crippen LogP contribution in [0.1, 0.15) is 16.8 Å². The molecular weight excluding hydrogens is 402 g/mol. The minimum Gasteiger partial charge on any atom is -0.324 e. The number of amides is 1. The number of benzene rings is 3. The van der Waals surface area contributed by atoms with Crippen molar-refractivity contribution in [2.45, 2.75) is 12.5 Å². The number of carbonyl (C=O) groups excluding carboxylic acids is 1. The first-order valence-electron chi connectivity index (χ1n) is 9.22. The molecule has 0 saturated heterocycles. The Morgan fingerprint density at radius 3 is 2.72 bits per heavy atom. The van der Waals surface area contributed by atoms with E-state index in [-0.39, 0.29) is 5.91 Å². The van der Waals surface area contributed by atoms with E-state index >= 15 is 0 Å². The first kappa shape index (κ1) is 18.0. The Hall–Kier alpha value is -3.02. The summed E-state index contributed by atoms with van der Waals surface area (Å²) >= 11 is 7.73. The lowest BCUT2D eigenvalue weighted by atomic mass is 10.0. The van der Waals surface area contributed by atoms with Crippen molar-refractivity contribution in [1.82, 2.24) is 4.98 Å². The number of fused-ring (bicyclic) bond motifs is 2. The van der Waals surface area contributed by atoms with E-state index < -0.39 is 6.04 Å². The molecule has 2 heterocycles. The zero-order valence-electron chi connectivity index (χ0n) is 15.3. The second kappa shape index (κ2) is 7.43. The van der Waals surface area contributed by atoms with Gasteiger partial charge in [-0.05, 0) is 34.5 Å². The number of benzodiazepines with no additional fused rings is 1. The largest absolute Gasteiger partial charge is 0.324 e. The van der Waals surface area contributed by atoms with Crippen LogP contribution in [0.3, 0.4) is 0 Å². The molecule has 0 radical (unpaired) electrons. The number of hydrogen-bond acceptors (Lipinski definition) is 4. The van der Waals surface area contributed by atoms with Crippen LogP contribution in [0.4, 0.5) is 5.69 Å². The van der Waals surface area contributed by atoms with E-state index in [0.29, 0.717) is 22.8 Å². The number of rotatable bonds is 3. The van der Waals surface area contributed by atoms with Crippen LogP contribution in [-0.4, -0.2) is 22.6 Å². The third kappa shape index (κ3) is 3.55. The van der Waals surface area contributed by atoms with Gasteiger partial charge in [-0.25, -0.2) is 4.98 Å². The molecule has 1 N–H and O–H groups in total. The van der Waals surface area contributed by atoms with Crippen LogP contribution in [0.25, 0.3) is 10.8 Å². The van der Waals surface area contributed by atoms with Crippen molar-refractivity contribution in [3.05, 3.63) is 93.4 Å². The predicted octanol–water partition coefficient (Wildman–Crippen LogP) is 5.35. The van der Waals surface area contributed by atoms with Crippen molar-refractivity contribution < 1.29 is 4.79 Å². The summed E-state index contributed by atoms with van der Waals surface area (Å²) < 4.78 is 0. The highest BCUT2D eigenvalue weighted by molar-refractivity contribution is 7.07. The molecule has 5 rings (SSSR count). The summed E-state index contributed by atoms with van der Waals surface area (Å²) in [6.45, 7) is 0. The molecule has 4 nitrogen and oxygen atoms in total. The van der Waals surface area contributed by atoms with Crippen LogP contribution in [0.15, 0.2) is 76.5 Å². The Morgan fingerprint density at radius 2 is 1.90 bits per heavy atom. The zero-order chi connectivity index (χ0) is 19.8. The van der Waals surface area contributed by atoms with Crippen LogP contribution in [0.5, 0.6) is 0 Å². The average Bonchev–Trinajstić information content (AvgIpc) is 3.22. The molecule has 1 aromatic heterocycles. The smallest absolute Gasteiger partial charge is 0.249 e. The highest BCUT2D eigenvalue weighted by Crippen LogP contribution is 2.28. The van der Waals surface area contributed by atoms with Gasteiger partial charge >= 0.3 is 0 Å². The summed E-state index contributed by atoms with van der Waals surface area (Å²) in [4.78, 5) is 22.2. The fourth-order valence-corrected chi connectivity index (χ4v) is 4.29. The van der Waals surface area contributed by atoms with Gasteiger partial charge in [0.15, 0.2) is 0 Å². The summed E-state index contributed by atoms with van der Waals surface area (Å²) in [5, 5.41) is 7.87. The van der Waals surface area contributed by atoms with Gasteiger partial charge in [-0.1, -0.05) is 54.1 Å². The minimum atomic E-state index is -0.556. The highest BCUT2D eigenvalue weighted by Gasteiger charge is 2.27. The van der Waals surface area contributed by atoms with Crippen LogP contribution < -0.4 is 5.32 Å². The van der Waals surface area contributed by atoms with Gasteiger partial charge in [-0.2, -0.15) is 0 Å². The number of hydrogen-bond donors (Lipinski definition) is 1. The number of aromatic nitrogens is 1. The van der Waals surface area contributed by atoms with Gasteiger partial charge in [0.1, 0.15) is 6.04 Å². The van der Waals surface area contributed by atoms with E-state index in [4.69, 9.17) is 16.6 Å². The Bertz CT molecular complexity index is 1250.